The second-order valence-electron chi connectivity index (χ2n) is 4.90. The number of carbonyl (C=O) groups is 1. The van der Waals surface area contributed by atoms with Crippen LogP contribution in [0, 0.1) is 22.9 Å². The fraction of sp³-hybridized carbons (Fsp3) is 0.133. The van der Waals surface area contributed by atoms with E-state index >= 15 is 0 Å². The molecule has 0 spiro atoms. The lowest BCUT2D eigenvalue weighted by Crippen LogP contribution is -2.15. The van der Waals surface area contributed by atoms with E-state index in [0.29, 0.717) is 12.1 Å². The van der Waals surface area contributed by atoms with Crippen LogP contribution in [-0.2, 0) is 6.18 Å². The number of alkyl halides is 3. The molecule has 0 saturated carbocycles. The molecule has 0 unspecified atom stereocenters. The lowest BCUT2D eigenvalue weighted by molar-refractivity contribution is -0.384. The topological polar surface area (TPSA) is 72.2 Å². The van der Waals surface area contributed by atoms with Gasteiger partial charge in [0.25, 0.3) is 11.6 Å². The molecule has 2 rings (SSSR count). The van der Waals surface area contributed by atoms with Gasteiger partial charge in [-0.15, -0.1) is 0 Å². The summed E-state index contributed by atoms with van der Waals surface area (Å²) in [6, 6.07) is 5.53. The normalized spacial score (nSPS) is 11.2. The lowest BCUT2D eigenvalue weighted by Gasteiger charge is -2.12. The highest BCUT2D eigenvalue weighted by molar-refractivity contribution is 6.05. The van der Waals surface area contributed by atoms with E-state index in [-0.39, 0.29) is 22.5 Å². The van der Waals surface area contributed by atoms with Gasteiger partial charge in [0.15, 0.2) is 0 Å². The summed E-state index contributed by atoms with van der Waals surface area (Å²) in [6.07, 6.45) is -4.89. The summed E-state index contributed by atoms with van der Waals surface area (Å²) >= 11 is 0. The van der Waals surface area contributed by atoms with Gasteiger partial charge in [-0.2, -0.15) is 13.2 Å². The first-order valence-corrected chi connectivity index (χ1v) is 6.52. The molecular weight excluding hydrogens is 332 g/mol. The van der Waals surface area contributed by atoms with Crippen molar-refractivity contribution in [2.75, 3.05) is 5.32 Å². The highest BCUT2D eigenvalue weighted by Crippen LogP contribution is 2.33. The molecule has 0 radical (unpaired) electrons. The fourth-order valence-corrected chi connectivity index (χ4v) is 2.03. The van der Waals surface area contributed by atoms with E-state index in [1.807, 2.05) is 0 Å². The number of carbonyl (C=O) groups excluding carboxylic acids is 1. The molecule has 0 aromatic heterocycles. The van der Waals surface area contributed by atoms with E-state index in [1.165, 1.54) is 19.1 Å². The van der Waals surface area contributed by atoms with Gasteiger partial charge in [0.05, 0.1) is 10.5 Å². The van der Waals surface area contributed by atoms with Crippen LogP contribution in [0.15, 0.2) is 36.4 Å². The Bertz CT molecular complexity index is 819. The third kappa shape index (κ3) is 3.67. The molecule has 0 bridgehead atoms. The Morgan fingerprint density at radius 3 is 2.38 bits per heavy atom. The van der Waals surface area contributed by atoms with Gasteiger partial charge in [-0.25, -0.2) is 4.39 Å². The first kappa shape index (κ1) is 17.4. The summed E-state index contributed by atoms with van der Waals surface area (Å²) in [5.74, 6) is -2.21. The molecule has 9 heteroatoms. The van der Waals surface area contributed by atoms with Crippen LogP contribution in [0.25, 0.3) is 0 Å². The van der Waals surface area contributed by atoms with Crippen molar-refractivity contribution >= 4 is 17.3 Å². The van der Waals surface area contributed by atoms with Gasteiger partial charge >= 0.3 is 6.18 Å². The maximum Gasteiger partial charge on any atom is 0.419 e. The van der Waals surface area contributed by atoms with Crippen molar-refractivity contribution in [3.63, 3.8) is 0 Å². The summed E-state index contributed by atoms with van der Waals surface area (Å²) in [6.45, 7) is 1.45. The number of nitro benzene ring substituents is 1. The zero-order valence-corrected chi connectivity index (χ0v) is 12.1. The summed E-state index contributed by atoms with van der Waals surface area (Å²) in [5.41, 5.74) is -1.63. The number of hydrogen-bond donors (Lipinski definition) is 1. The molecular formula is C15H10F4N2O3. The number of nitro groups is 1. The number of hydrogen-bond acceptors (Lipinski definition) is 3. The van der Waals surface area contributed by atoms with Gasteiger partial charge in [-0.3, -0.25) is 14.9 Å². The van der Waals surface area contributed by atoms with Crippen LogP contribution in [0.4, 0.5) is 28.9 Å². The van der Waals surface area contributed by atoms with Gasteiger partial charge < -0.3 is 5.32 Å². The lowest BCUT2D eigenvalue weighted by atomic mass is 10.1. The highest BCUT2D eigenvalue weighted by Gasteiger charge is 2.34. The second-order valence-corrected chi connectivity index (χ2v) is 4.90. The number of nitrogens with zero attached hydrogens (tertiary/aromatic N) is 1. The average molecular weight is 342 g/mol. The van der Waals surface area contributed by atoms with Gasteiger partial charge in [0, 0.05) is 23.4 Å². The molecule has 126 valence electrons. The van der Waals surface area contributed by atoms with Crippen molar-refractivity contribution in [1.82, 2.24) is 0 Å². The average Bonchev–Trinajstić information content (AvgIpc) is 2.47. The predicted octanol–water partition coefficient (Wildman–Crippen LogP) is 4.31. The minimum atomic E-state index is -4.89. The molecule has 2 aromatic rings. The Hall–Kier alpha value is -2.97. The third-order valence-corrected chi connectivity index (χ3v) is 3.20. The Labute approximate surface area is 133 Å². The summed E-state index contributed by atoms with van der Waals surface area (Å²) in [7, 11) is 0. The van der Waals surface area contributed by atoms with E-state index in [1.54, 1.807) is 0 Å². The number of anilines is 1. The van der Waals surface area contributed by atoms with Crippen molar-refractivity contribution in [1.29, 1.82) is 0 Å². The highest BCUT2D eigenvalue weighted by atomic mass is 19.4. The SMILES string of the molecule is Cc1cc([N+](=O)[O-])ccc1C(=O)Nc1ccc(F)c(C(F)(F)F)c1. The standard InChI is InChI=1S/C15H10F4N2O3/c1-8-6-10(21(23)24)3-4-11(8)14(22)20-9-2-5-13(16)12(7-9)15(17,18)19/h2-7H,1H3,(H,20,22). The van der Waals surface area contributed by atoms with Gasteiger partial charge in [-0.1, -0.05) is 0 Å². The Balaban J connectivity index is 2.29. The first-order valence-electron chi connectivity index (χ1n) is 6.52. The van der Waals surface area contributed by atoms with Gasteiger partial charge in [0.2, 0.25) is 0 Å². The van der Waals surface area contributed by atoms with E-state index in [4.69, 9.17) is 0 Å². The summed E-state index contributed by atoms with van der Waals surface area (Å²) in [5, 5.41) is 12.9. The van der Waals surface area contributed by atoms with Crippen LogP contribution >= 0.6 is 0 Å². The Morgan fingerprint density at radius 1 is 1.17 bits per heavy atom. The minimum absolute atomic E-state index is 0.0542. The molecule has 0 aliphatic carbocycles. The largest absolute Gasteiger partial charge is 0.419 e. The van der Waals surface area contributed by atoms with Crippen molar-refractivity contribution in [3.8, 4) is 0 Å². The molecule has 0 atom stereocenters. The Morgan fingerprint density at radius 2 is 1.83 bits per heavy atom. The van der Waals surface area contributed by atoms with Gasteiger partial charge in [0.1, 0.15) is 5.82 Å². The molecule has 0 aliphatic heterocycles. The van der Waals surface area contributed by atoms with Crippen molar-refractivity contribution in [2.24, 2.45) is 0 Å². The van der Waals surface area contributed by atoms with Crippen LogP contribution < -0.4 is 5.32 Å². The monoisotopic (exact) mass is 342 g/mol. The number of rotatable bonds is 3. The summed E-state index contributed by atoms with van der Waals surface area (Å²) in [4.78, 5) is 22.1. The van der Waals surface area contributed by atoms with Crippen molar-refractivity contribution < 1.29 is 27.3 Å². The molecule has 0 heterocycles. The number of aryl methyl sites for hydroxylation is 1. The molecule has 0 fully saturated rings. The smallest absolute Gasteiger partial charge is 0.322 e. The number of nitrogens with one attached hydrogen (secondary N) is 1. The van der Waals surface area contributed by atoms with Crippen LogP contribution in [0.1, 0.15) is 21.5 Å². The van der Waals surface area contributed by atoms with E-state index < -0.39 is 28.4 Å². The van der Waals surface area contributed by atoms with E-state index in [2.05, 4.69) is 5.32 Å². The fourth-order valence-electron chi connectivity index (χ4n) is 2.03. The summed E-state index contributed by atoms with van der Waals surface area (Å²) < 4.78 is 51.2. The number of halogens is 4. The van der Waals surface area contributed by atoms with Gasteiger partial charge in [-0.05, 0) is 36.8 Å². The zero-order valence-electron chi connectivity index (χ0n) is 12.1. The zero-order chi connectivity index (χ0) is 18.1. The molecule has 1 amide bonds. The van der Waals surface area contributed by atoms with E-state index in [9.17, 15) is 32.5 Å². The van der Waals surface area contributed by atoms with Crippen LogP contribution in [-0.4, -0.2) is 10.8 Å². The number of benzene rings is 2. The Kier molecular flexibility index (Phi) is 4.54. The van der Waals surface area contributed by atoms with E-state index in [0.717, 1.165) is 12.1 Å². The first-order chi connectivity index (χ1) is 11.1. The maximum absolute atomic E-state index is 13.2. The van der Waals surface area contributed by atoms with Crippen LogP contribution in [0.3, 0.4) is 0 Å². The van der Waals surface area contributed by atoms with Crippen molar-refractivity contribution in [3.05, 3.63) is 69.0 Å². The molecule has 5 nitrogen and oxygen atoms in total. The van der Waals surface area contributed by atoms with Crippen molar-refractivity contribution in [2.45, 2.75) is 13.1 Å². The number of amides is 1. The molecule has 1 N–H and O–H groups in total. The minimum Gasteiger partial charge on any atom is -0.322 e. The molecule has 0 saturated heterocycles. The van der Waals surface area contributed by atoms with Crippen LogP contribution in [0.5, 0.6) is 0 Å². The molecule has 0 aliphatic rings. The third-order valence-electron chi connectivity index (χ3n) is 3.20. The maximum atomic E-state index is 13.2. The van der Waals surface area contributed by atoms with Crippen LogP contribution in [0.2, 0.25) is 0 Å². The quantitative estimate of drug-likeness (QED) is 0.513. The molecule has 24 heavy (non-hydrogen) atoms. The second kappa shape index (κ2) is 6.26. The predicted molar refractivity (Wildman–Crippen MR) is 77.2 cm³/mol. The molecule has 2 aromatic carbocycles. The number of non-ortho nitro benzene ring substituents is 1.